The number of aryl methyl sites for hydroxylation is 3. The van der Waals surface area contributed by atoms with Crippen molar-refractivity contribution in [2.75, 3.05) is 18.0 Å². The fourth-order valence-electron chi connectivity index (χ4n) is 4.61. The van der Waals surface area contributed by atoms with E-state index in [1.54, 1.807) is 15.0 Å². The number of nitrogens with zero attached hydrogens (tertiary/aromatic N) is 6. The number of anilines is 1. The van der Waals surface area contributed by atoms with Gasteiger partial charge in [-0.2, -0.15) is 5.10 Å². The van der Waals surface area contributed by atoms with Crippen LogP contribution in [-0.4, -0.2) is 49.2 Å². The Morgan fingerprint density at radius 2 is 1.71 bits per heavy atom. The van der Waals surface area contributed by atoms with E-state index in [0.717, 1.165) is 41.2 Å². The summed E-state index contributed by atoms with van der Waals surface area (Å²) in [7, 11) is 0. The Bertz CT molecular complexity index is 1360. The summed E-state index contributed by atoms with van der Waals surface area (Å²) in [6.07, 6.45) is 3.79. The Morgan fingerprint density at radius 1 is 0.968 bits per heavy atom. The number of hydrogen-bond donors (Lipinski definition) is 1. The van der Waals surface area contributed by atoms with Crippen LogP contribution in [0.25, 0.3) is 22.6 Å². The lowest BCUT2D eigenvalue weighted by atomic mass is 10.1. The molecule has 5 heterocycles. The molecule has 4 aromatic rings. The third kappa shape index (κ3) is 3.46. The van der Waals surface area contributed by atoms with Gasteiger partial charge in [0, 0.05) is 37.4 Å². The van der Waals surface area contributed by atoms with Gasteiger partial charge in [0.2, 0.25) is 0 Å². The van der Waals surface area contributed by atoms with Gasteiger partial charge in [-0.1, -0.05) is 0 Å². The number of fused-ring (bicyclic) bond motifs is 2. The van der Waals surface area contributed by atoms with Gasteiger partial charge in [0.1, 0.15) is 11.3 Å². The fourth-order valence-corrected chi connectivity index (χ4v) is 4.61. The summed E-state index contributed by atoms with van der Waals surface area (Å²) >= 11 is 0. The van der Waals surface area contributed by atoms with Crippen molar-refractivity contribution < 1.29 is 0 Å². The topological polar surface area (TPSA) is 79.8 Å². The zero-order valence-electron chi connectivity index (χ0n) is 18.5. The third-order valence-electron chi connectivity index (χ3n) is 5.88. The maximum absolute atomic E-state index is 13.1. The molecule has 0 aromatic carbocycles. The molecule has 8 heteroatoms. The molecule has 8 nitrogen and oxygen atoms in total. The lowest BCUT2D eigenvalue weighted by Gasteiger charge is -2.37. The van der Waals surface area contributed by atoms with Crippen molar-refractivity contribution in [2.24, 2.45) is 0 Å². The largest absolute Gasteiger partial charge is 0.367 e. The predicted molar refractivity (Wildman–Crippen MR) is 122 cm³/mol. The second kappa shape index (κ2) is 7.16. The molecule has 1 aliphatic heterocycles. The summed E-state index contributed by atoms with van der Waals surface area (Å²) in [5, 5.41) is 8.19. The molecule has 0 saturated carbocycles. The van der Waals surface area contributed by atoms with E-state index in [9.17, 15) is 4.79 Å². The van der Waals surface area contributed by atoms with Crippen molar-refractivity contribution in [3.63, 3.8) is 0 Å². The van der Waals surface area contributed by atoms with Crippen LogP contribution in [-0.2, 0) is 0 Å². The molecule has 5 rings (SSSR count). The molecule has 1 fully saturated rings. The molecule has 1 aliphatic rings. The molecule has 2 atom stereocenters. The second-order valence-electron chi connectivity index (χ2n) is 8.76. The average molecular weight is 418 g/mol. The number of piperazine rings is 1. The fraction of sp³-hybridized carbons (Fsp3) is 0.391. The van der Waals surface area contributed by atoms with E-state index < -0.39 is 0 Å². The number of hydrogen-bond acceptors (Lipinski definition) is 6. The van der Waals surface area contributed by atoms with E-state index in [4.69, 9.17) is 4.98 Å². The molecule has 31 heavy (non-hydrogen) atoms. The summed E-state index contributed by atoms with van der Waals surface area (Å²) < 4.78 is 3.46. The summed E-state index contributed by atoms with van der Waals surface area (Å²) in [4.78, 5) is 24.7. The molecule has 0 amide bonds. The van der Waals surface area contributed by atoms with Crippen molar-refractivity contribution in [3.05, 3.63) is 57.9 Å². The van der Waals surface area contributed by atoms with Gasteiger partial charge < -0.3 is 10.2 Å². The SMILES string of the molecule is Cc1cn2nc(-c3cc(=O)n4cc(N5CC(C)NC(C)C5)cc(C)c4n3)cc2c(C)n1. The van der Waals surface area contributed by atoms with Crippen LogP contribution in [0.3, 0.4) is 0 Å². The quantitative estimate of drug-likeness (QED) is 0.540. The van der Waals surface area contributed by atoms with E-state index in [1.807, 2.05) is 39.2 Å². The first-order valence-electron chi connectivity index (χ1n) is 10.7. The molecule has 0 radical (unpaired) electrons. The highest BCUT2D eigenvalue weighted by molar-refractivity contribution is 5.67. The molecule has 0 spiro atoms. The summed E-state index contributed by atoms with van der Waals surface area (Å²) in [5.74, 6) is 0. The van der Waals surface area contributed by atoms with Crippen molar-refractivity contribution in [1.29, 1.82) is 0 Å². The molecule has 0 bridgehead atoms. The normalized spacial score (nSPS) is 19.5. The maximum atomic E-state index is 13.1. The van der Waals surface area contributed by atoms with Crippen LogP contribution in [0.4, 0.5) is 5.69 Å². The monoisotopic (exact) mass is 417 g/mol. The number of aromatic nitrogens is 5. The molecule has 160 valence electrons. The first-order chi connectivity index (χ1) is 14.8. The minimum absolute atomic E-state index is 0.107. The Hall–Kier alpha value is -3.26. The van der Waals surface area contributed by atoms with Gasteiger partial charge in [0.25, 0.3) is 5.56 Å². The molecule has 1 saturated heterocycles. The Balaban J connectivity index is 1.61. The minimum Gasteiger partial charge on any atom is -0.367 e. The van der Waals surface area contributed by atoms with Crippen LogP contribution in [0.15, 0.2) is 35.4 Å². The van der Waals surface area contributed by atoms with Gasteiger partial charge in [0.05, 0.1) is 34.5 Å². The number of rotatable bonds is 2. The van der Waals surface area contributed by atoms with E-state index in [-0.39, 0.29) is 5.56 Å². The Morgan fingerprint density at radius 3 is 2.45 bits per heavy atom. The van der Waals surface area contributed by atoms with Gasteiger partial charge in [-0.25, -0.2) is 9.50 Å². The highest BCUT2D eigenvalue weighted by Crippen LogP contribution is 2.23. The summed E-state index contributed by atoms with van der Waals surface area (Å²) in [6.45, 7) is 12.1. The van der Waals surface area contributed by atoms with E-state index in [2.05, 4.69) is 40.2 Å². The first-order valence-corrected chi connectivity index (χ1v) is 10.7. The van der Waals surface area contributed by atoms with Crippen LogP contribution in [0.5, 0.6) is 0 Å². The number of nitrogens with one attached hydrogen (secondary N) is 1. The van der Waals surface area contributed by atoms with Crippen molar-refractivity contribution >= 4 is 16.9 Å². The molecular formula is C23H27N7O. The molecule has 2 unspecified atom stereocenters. The van der Waals surface area contributed by atoms with Crippen LogP contribution in [0.1, 0.15) is 30.8 Å². The summed E-state index contributed by atoms with van der Waals surface area (Å²) in [6, 6.07) is 6.42. The molecule has 0 aliphatic carbocycles. The predicted octanol–water partition coefficient (Wildman–Crippen LogP) is 2.52. The molecular weight excluding hydrogens is 390 g/mol. The van der Waals surface area contributed by atoms with Gasteiger partial charge in [-0.05, 0) is 52.3 Å². The van der Waals surface area contributed by atoms with Crippen LogP contribution < -0.4 is 15.8 Å². The van der Waals surface area contributed by atoms with Crippen molar-refractivity contribution in [2.45, 2.75) is 46.7 Å². The van der Waals surface area contributed by atoms with Crippen LogP contribution in [0, 0.1) is 20.8 Å². The van der Waals surface area contributed by atoms with Crippen LogP contribution >= 0.6 is 0 Å². The lowest BCUT2D eigenvalue weighted by molar-refractivity contribution is 0.406. The van der Waals surface area contributed by atoms with Gasteiger partial charge in [0.15, 0.2) is 0 Å². The van der Waals surface area contributed by atoms with Crippen LogP contribution in [0.2, 0.25) is 0 Å². The second-order valence-corrected chi connectivity index (χ2v) is 8.76. The highest BCUT2D eigenvalue weighted by atomic mass is 16.1. The van der Waals surface area contributed by atoms with E-state index >= 15 is 0 Å². The summed E-state index contributed by atoms with van der Waals surface area (Å²) in [5.41, 5.74) is 6.52. The molecule has 4 aromatic heterocycles. The Labute approximate surface area is 180 Å². The van der Waals surface area contributed by atoms with Gasteiger partial charge in [-0.15, -0.1) is 0 Å². The minimum atomic E-state index is -0.107. The Kier molecular flexibility index (Phi) is 4.55. The standard InChI is InChI=1S/C23H27N7O/c1-13-6-18(28-9-14(2)24-15(3)10-28)12-29-22(31)8-19(26-23(13)29)20-7-21-17(5)25-16(4)11-30(21)27-20/h6-8,11-12,14-15,24H,9-10H2,1-5H3. The zero-order chi connectivity index (χ0) is 21.9. The van der Waals surface area contributed by atoms with Gasteiger partial charge in [-0.3, -0.25) is 14.2 Å². The van der Waals surface area contributed by atoms with Crippen molar-refractivity contribution in [3.8, 4) is 11.4 Å². The third-order valence-corrected chi connectivity index (χ3v) is 5.88. The lowest BCUT2D eigenvalue weighted by Crippen LogP contribution is -2.54. The van der Waals surface area contributed by atoms with Crippen molar-refractivity contribution in [1.82, 2.24) is 29.3 Å². The molecule has 1 N–H and O–H groups in total. The number of pyridine rings is 1. The maximum Gasteiger partial charge on any atom is 0.258 e. The van der Waals surface area contributed by atoms with E-state index in [0.29, 0.717) is 29.1 Å². The first kappa shape index (κ1) is 19.7. The highest BCUT2D eigenvalue weighted by Gasteiger charge is 2.22. The van der Waals surface area contributed by atoms with Gasteiger partial charge >= 0.3 is 0 Å². The average Bonchev–Trinajstić information content (AvgIpc) is 3.12. The smallest absolute Gasteiger partial charge is 0.258 e. The van der Waals surface area contributed by atoms with E-state index in [1.165, 1.54) is 0 Å². The zero-order valence-corrected chi connectivity index (χ0v) is 18.5.